The summed E-state index contributed by atoms with van der Waals surface area (Å²) in [4.78, 5) is 36.8. The molecule has 0 aliphatic carbocycles. The number of allylic oxidation sites excluding steroid dienone is 1. The average Bonchev–Trinajstić information content (AvgIpc) is 3.17. The summed E-state index contributed by atoms with van der Waals surface area (Å²) in [5.41, 5.74) is 2.00. The van der Waals surface area contributed by atoms with E-state index in [0.29, 0.717) is 18.1 Å². The van der Waals surface area contributed by atoms with E-state index in [1.165, 1.54) is 6.21 Å². The molecule has 2 aliphatic heterocycles. The van der Waals surface area contributed by atoms with Gasteiger partial charge in [-0.25, -0.2) is 9.98 Å². The van der Waals surface area contributed by atoms with Crippen LogP contribution in [0.2, 0.25) is 5.02 Å². The number of benzene rings is 1. The van der Waals surface area contributed by atoms with E-state index in [1.807, 2.05) is 24.3 Å². The molecule has 2 aliphatic rings. The summed E-state index contributed by atoms with van der Waals surface area (Å²) in [5, 5.41) is 3.81. The second-order valence-corrected chi connectivity index (χ2v) is 8.09. The van der Waals surface area contributed by atoms with Gasteiger partial charge >= 0.3 is 0 Å². The lowest BCUT2D eigenvalue weighted by atomic mass is 10.0. The Hall–Kier alpha value is -2.35. The molecule has 2 amide bonds. The van der Waals surface area contributed by atoms with Gasteiger partial charge in [0.1, 0.15) is 10.9 Å². The van der Waals surface area contributed by atoms with Gasteiger partial charge in [0.2, 0.25) is 5.91 Å². The second kappa shape index (κ2) is 8.34. The molecule has 6 nitrogen and oxygen atoms in total. The molecule has 2 aromatic rings. The fourth-order valence-electron chi connectivity index (χ4n) is 3.28. The molecular weight excluding hydrogens is 396 g/mol. The number of dihydropyridines is 1. The maximum Gasteiger partial charge on any atom is 0.262 e. The average molecular weight is 415 g/mol. The van der Waals surface area contributed by atoms with Crippen LogP contribution in [0.15, 0.2) is 46.8 Å². The monoisotopic (exact) mass is 414 g/mol. The Morgan fingerprint density at radius 2 is 1.93 bits per heavy atom. The number of aromatic nitrogens is 1. The van der Waals surface area contributed by atoms with Crippen molar-refractivity contribution >= 4 is 41.0 Å². The van der Waals surface area contributed by atoms with Crippen LogP contribution in [0, 0.1) is 5.92 Å². The highest BCUT2D eigenvalue weighted by molar-refractivity contribution is 7.09. The molecular formula is C20H19ClN4O2S. The van der Waals surface area contributed by atoms with E-state index in [-0.39, 0.29) is 11.8 Å². The molecule has 0 N–H and O–H groups in total. The van der Waals surface area contributed by atoms with Crippen molar-refractivity contribution in [3.63, 3.8) is 0 Å². The molecule has 0 spiro atoms. The van der Waals surface area contributed by atoms with Crippen LogP contribution >= 0.6 is 22.9 Å². The number of carbonyl (C=O) groups excluding carboxylic acids is 2. The Morgan fingerprint density at radius 1 is 1.18 bits per heavy atom. The van der Waals surface area contributed by atoms with Gasteiger partial charge in [0.25, 0.3) is 5.91 Å². The van der Waals surface area contributed by atoms with Gasteiger partial charge in [-0.3, -0.25) is 14.5 Å². The van der Waals surface area contributed by atoms with E-state index in [2.05, 4.69) is 15.3 Å². The normalized spacial score (nSPS) is 20.0. The van der Waals surface area contributed by atoms with Crippen molar-refractivity contribution in [3.8, 4) is 11.3 Å². The zero-order valence-corrected chi connectivity index (χ0v) is 16.7. The number of nitrogens with zero attached hydrogens (tertiary/aromatic N) is 4. The number of hydrogen-bond donors (Lipinski definition) is 0. The van der Waals surface area contributed by atoms with Crippen LogP contribution in [0.25, 0.3) is 11.3 Å². The van der Waals surface area contributed by atoms with Gasteiger partial charge in [0, 0.05) is 48.4 Å². The molecule has 1 atom stereocenters. The van der Waals surface area contributed by atoms with E-state index in [0.717, 1.165) is 35.9 Å². The third-order valence-electron chi connectivity index (χ3n) is 4.86. The summed E-state index contributed by atoms with van der Waals surface area (Å²) >= 11 is 7.58. The van der Waals surface area contributed by atoms with Crippen molar-refractivity contribution in [2.24, 2.45) is 10.9 Å². The molecule has 3 heterocycles. The Kier molecular flexibility index (Phi) is 5.66. The largest absolute Gasteiger partial charge is 0.339 e. The van der Waals surface area contributed by atoms with Gasteiger partial charge in [-0.05, 0) is 18.2 Å². The van der Waals surface area contributed by atoms with Gasteiger partial charge in [-0.15, -0.1) is 11.3 Å². The quantitative estimate of drug-likeness (QED) is 0.721. The lowest BCUT2D eigenvalue weighted by molar-refractivity contribution is -0.140. The highest BCUT2D eigenvalue weighted by atomic mass is 35.5. The molecule has 0 bridgehead atoms. The summed E-state index contributed by atoms with van der Waals surface area (Å²) in [6.45, 7) is 3.49. The van der Waals surface area contributed by atoms with Gasteiger partial charge in [0.05, 0.1) is 12.2 Å². The van der Waals surface area contributed by atoms with Crippen molar-refractivity contribution in [2.45, 2.75) is 6.54 Å². The molecule has 1 saturated heterocycles. The second-order valence-electron chi connectivity index (χ2n) is 6.71. The predicted octanol–water partition coefficient (Wildman–Crippen LogP) is 2.89. The maximum atomic E-state index is 12.6. The van der Waals surface area contributed by atoms with Gasteiger partial charge in [0.15, 0.2) is 0 Å². The van der Waals surface area contributed by atoms with Crippen LogP contribution in [0.3, 0.4) is 0 Å². The molecule has 1 fully saturated rings. The van der Waals surface area contributed by atoms with Crippen LogP contribution in [0.1, 0.15) is 5.01 Å². The van der Waals surface area contributed by atoms with Crippen LogP contribution in [-0.4, -0.2) is 59.0 Å². The number of aliphatic imine (C=N–C) groups is 1. The van der Waals surface area contributed by atoms with Gasteiger partial charge < -0.3 is 4.90 Å². The molecule has 8 heteroatoms. The number of carbonyl (C=O) groups is 2. The zero-order chi connectivity index (χ0) is 19.5. The lowest BCUT2D eigenvalue weighted by Gasteiger charge is -2.35. The number of amides is 2. The van der Waals surface area contributed by atoms with Gasteiger partial charge in [-0.1, -0.05) is 29.8 Å². The number of thiazole rings is 1. The minimum Gasteiger partial charge on any atom is -0.339 e. The highest BCUT2D eigenvalue weighted by Crippen LogP contribution is 2.24. The third-order valence-corrected chi connectivity index (χ3v) is 5.94. The Labute approximate surface area is 172 Å². The molecule has 28 heavy (non-hydrogen) atoms. The third kappa shape index (κ3) is 4.22. The molecule has 4 rings (SSSR count). The SMILES string of the molecule is O=C1N=CC=CC1C(=O)N1CCN(Cc2nc(-c3ccc(Cl)cc3)cs2)CC1. The Balaban J connectivity index is 1.32. The topological polar surface area (TPSA) is 65.9 Å². The highest BCUT2D eigenvalue weighted by Gasteiger charge is 2.31. The van der Waals surface area contributed by atoms with E-state index in [4.69, 9.17) is 16.6 Å². The number of halogens is 1. The minimum absolute atomic E-state index is 0.156. The van der Waals surface area contributed by atoms with E-state index >= 15 is 0 Å². The van der Waals surface area contributed by atoms with Crippen molar-refractivity contribution in [3.05, 3.63) is 51.8 Å². The van der Waals surface area contributed by atoms with E-state index in [1.54, 1.807) is 28.4 Å². The number of rotatable bonds is 4. The van der Waals surface area contributed by atoms with Crippen LogP contribution < -0.4 is 0 Å². The summed E-state index contributed by atoms with van der Waals surface area (Å²) in [7, 11) is 0. The van der Waals surface area contributed by atoms with Crippen molar-refractivity contribution in [1.82, 2.24) is 14.8 Å². The smallest absolute Gasteiger partial charge is 0.262 e. The molecule has 1 aromatic heterocycles. The number of piperazine rings is 1. The molecule has 0 saturated carbocycles. The lowest BCUT2D eigenvalue weighted by Crippen LogP contribution is -2.50. The summed E-state index contributed by atoms with van der Waals surface area (Å²) in [5.74, 6) is -1.30. The first-order valence-corrected chi connectivity index (χ1v) is 10.3. The Bertz CT molecular complexity index is 930. The molecule has 1 unspecified atom stereocenters. The van der Waals surface area contributed by atoms with Crippen LogP contribution in [0.4, 0.5) is 0 Å². The maximum absolute atomic E-state index is 12.6. The summed E-state index contributed by atoms with van der Waals surface area (Å²) in [6, 6.07) is 7.67. The predicted molar refractivity (Wildman–Crippen MR) is 111 cm³/mol. The van der Waals surface area contributed by atoms with Crippen molar-refractivity contribution < 1.29 is 9.59 Å². The fraction of sp³-hybridized carbons (Fsp3) is 0.300. The molecule has 144 valence electrons. The first-order chi connectivity index (χ1) is 13.6. The molecule has 0 radical (unpaired) electrons. The number of hydrogen-bond acceptors (Lipinski definition) is 5. The standard InChI is InChI=1S/C20H19ClN4O2S/c21-15-5-3-14(4-6-15)17-13-28-18(23-17)12-24-8-10-25(11-9-24)20(27)16-2-1-7-22-19(16)26/h1-7,13,16H,8-12H2. The van der Waals surface area contributed by atoms with Gasteiger partial charge in [-0.2, -0.15) is 0 Å². The first kappa shape index (κ1) is 19.0. The van der Waals surface area contributed by atoms with Crippen molar-refractivity contribution in [2.75, 3.05) is 26.2 Å². The molecule has 1 aromatic carbocycles. The fourth-order valence-corrected chi connectivity index (χ4v) is 4.25. The van der Waals surface area contributed by atoms with E-state index < -0.39 is 5.92 Å². The first-order valence-electron chi connectivity index (χ1n) is 9.06. The Morgan fingerprint density at radius 3 is 2.64 bits per heavy atom. The van der Waals surface area contributed by atoms with E-state index in [9.17, 15) is 9.59 Å². The van der Waals surface area contributed by atoms with Crippen LogP contribution in [-0.2, 0) is 16.1 Å². The zero-order valence-electron chi connectivity index (χ0n) is 15.1. The summed E-state index contributed by atoms with van der Waals surface area (Å²) < 4.78 is 0. The van der Waals surface area contributed by atoms with Crippen molar-refractivity contribution in [1.29, 1.82) is 0 Å². The van der Waals surface area contributed by atoms with Crippen LogP contribution in [0.5, 0.6) is 0 Å². The summed E-state index contributed by atoms with van der Waals surface area (Å²) in [6.07, 6.45) is 4.70. The minimum atomic E-state index is -0.766.